The van der Waals surface area contributed by atoms with E-state index in [9.17, 15) is 0 Å². The fourth-order valence-corrected chi connectivity index (χ4v) is 1.96. The number of aliphatic imine (C=N–C) groups is 1. The normalized spacial score (nSPS) is 13.4. The van der Waals surface area contributed by atoms with Crippen LogP contribution in [0.2, 0.25) is 0 Å². The van der Waals surface area contributed by atoms with Crippen LogP contribution >= 0.6 is 11.8 Å². The molecular formula is C11H21N3S. The quantitative estimate of drug-likeness (QED) is 0.411. The Morgan fingerprint density at radius 1 is 1.53 bits per heavy atom. The fourth-order valence-electron chi connectivity index (χ4n) is 1.32. The number of amidine groups is 1. The molecule has 0 saturated heterocycles. The van der Waals surface area contributed by atoms with Crippen molar-refractivity contribution in [3.05, 3.63) is 0 Å². The molecule has 0 N–H and O–H groups in total. The van der Waals surface area contributed by atoms with Crippen LogP contribution in [0.15, 0.2) is 4.99 Å². The molecule has 0 fully saturated rings. The summed E-state index contributed by atoms with van der Waals surface area (Å²) in [5.41, 5.74) is 0. The van der Waals surface area contributed by atoms with Gasteiger partial charge in [-0.15, -0.1) is 4.99 Å². The zero-order valence-corrected chi connectivity index (χ0v) is 11.0. The van der Waals surface area contributed by atoms with Gasteiger partial charge in [0.2, 0.25) is 6.19 Å². The zero-order valence-electron chi connectivity index (χ0n) is 10.2. The molecule has 0 aromatic carbocycles. The summed E-state index contributed by atoms with van der Waals surface area (Å²) in [7, 11) is 0. The van der Waals surface area contributed by atoms with E-state index in [4.69, 9.17) is 5.26 Å². The summed E-state index contributed by atoms with van der Waals surface area (Å²) in [4.78, 5) is 6.11. The number of nitriles is 1. The minimum atomic E-state index is 0.455. The van der Waals surface area contributed by atoms with Crippen LogP contribution in [0, 0.1) is 11.5 Å². The molecule has 0 heterocycles. The monoisotopic (exact) mass is 227 g/mol. The van der Waals surface area contributed by atoms with E-state index in [1.54, 1.807) is 11.8 Å². The highest BCUT2D eigenvalue weighted by Gasteiger charge is 2.15. The second-order valence-corrected chi connectivity index (χ2v) is 4.28. The molecule has 0 spiro atoms. The van der Waals surface area contributed by atoms with E-state index < -0.39 is 0 Å². The number of thioether (sulfide) groups is 1. The summed E-state index contributed by atoms with van der Waals surface area (Å²) < 4.78 is 0. The van der Waals surface area contributed by atoms with E-state index in [0.717, 1.165) is 24.6 Å². The van der Waals surface area contributed by atoms with Crippen LogP contribution in [0.4, 0.5) is 0 Å². The van der Waals surface area contributed by atoms with Gasteiger partial charge in [-0.2, -0.15) is 5.26 Å². The summed E-state index contributed by atoms with van der Waals surface area (Å²) in [5, 5.41) is 9.47. The van der Waals surface area contributed by atoms with Crippen LogP contribution in [-0.2, 0) is 0 Å². The Hall–Kier alpha value is -0.690. The molecule has 0 radical (unpaired) electrons. The van der Waals surface area contributed by atoms with Crippen LogP contribution in [0.1, 0.15) is 40.0 Å². The summed E-state index contributed by atoms with van der Waals surface area (Å²) >= 11 is 1.55. The van der Waals surface area contributed by atoms with Gasteiger partial charge in [-0.3, -0.25) is 0 Å². The first-order valence-corrected chi connectivity index (χ1v) is 6.71. The molecule has 0 aliphatic rings. The highest BCUT2D eigenvalue weighted by Crippen LogP contribution is 2.13. The second kappa shape index (κ2) is 8.60. The summed E-state index contributed by atoms with van der Waals surface area (Å²) in [6, 6.07) is 0.455. The molecule has 1 atom stereocenters. The largest absolute Gasteiger partial charge is 0.348 e. The second-order valence-electron chi connectivity index (χ2n) is 3.50. The predicted octanol–water partition coefficient (Wildman–Crippen LogP) is 3.09. The van der Waals surface area contributed by atoms with Gasteiger partial charge < -0.3 is 4.90 Å². The van der Waals surface area contributed by atoms with Crippen molar-refractivity contribution in [2.24, 2.45) is 4.99 Å². The zero-order chi connectivity index (χ0) is 11.7. The highest BCUT2D eigenvalue weighted by atomic mass is 32.2. The summed E-state index contributed by atoms with van der Waals surface area (Å²) in [6.45, 7) is 7.51. The molecule has 0 aromatic rings. The molecule has 3 nitrogen and oxygen atoms in total. The lowest BCUT2D eigenvalue weighted by Crippen LogP contribution is -2.37. The maximum absolute atomic E-state index is 8.62. The maximum Gasteiger partial charge on any atom is 0.208 e. The maximum atomic E-state index is 8.62. The predicted molar refractivity (Wildman–Crippen MR) is 67.9 cm³/mol. The molecule has 0 aromatic heterocycles. The van der Waals surface area contributed by atoms with Gasteiger partial charge in [0.1, 0.15) is 0 Å². The SMILES string of the molecule is CCCCN(C(=NC#N)SC)C(C)CC. The molecule has 4 heteroatoms. The summed E-state index contributed by atoms with van der Waals surface area (Å²) in [5.74, 6) is 0. The number of unbranched alkanes of at least 4 members (excludes halogenated alkanes) is 1. The van der Waals surface area contributed by atoms with Crippen molar-refractivity contribution in [1.82, 2.24) is 4.90 Å². The molecule has 0 aliphatic carbocycles. The van der Waals surface area contributed by atoms with E-state index in [1.165, 1.54) is 6.42 Å². The van der Waals surface area contributed by atoms with Crippen molar-refractivity contribution in [2.45, 2.75) is 46.1 Å². The summed E-state index contributed by atoms with van der Waals surface area (Å²) in [6.07, 6.45) is 7.24. The number of hydrogen-bond acceptors (Lipinski definition) is 3. The van der Waals surface area contributed by atoms with Crippen molar-refractivity contribution in [3.63, 3.8) is 0 Å². The molecule has 1 unspecified atom stereocenters. The average Bonchev–Trinajstić information content (AvgIpc) is 2.27. The van der Waals surface area contributed by atoms with Crippen LogP contribution in [-0.4, -0.2) is 28.9 Å². The Morgan fingerprint density at radius 3 is 2.60 bits per heavy atom. The third kappa shape index (κ3) is 5.08. The Morgan fingerprint density at radius 2 is 2.20 bits per heavy atom. The van der Waals surface area contributed by atoms with Crippen molar-refractivity contribution in [1.29, 1.82) is 5.26 Å². The lowest BCUT2D eigenvalue weighted by Gasteiger charge is -2.30. The van der Waals surface area contributed by atoms with Crippen LogP contribution in [0.25, 0.3) is 0 Å². The van der Waals surface area contributed by atoms with Crippen LogP contribution < -0.4 is 0 Å². The van der Waals surface area contributed by atoms with E-state index >= 15 is 0 Å². The first-order valence-electron chi connectivity index (χ1n) is 5.48. The van der Waals surface area contributed by atoms with Crippen molar-refractivity contribution in [3.8, 4) is 6.19 Å². The van der Waals surface area contributed by atoms with Gasteiger partial charge in [-0.25, -0.2) is 0 Å². The minimum absolute atomic E-state index is 0.455. The minimum Gasteiger partial charge on any atom is -0.348 e. The van der Waals surface area contributed by atoms with E-state index in [2.05, 4.69) is 30.7 Å². The third-order valence-corrected chi connectivity index (χ3v) is 3.14. The van der Waals surface area contributed by atoms with Gasteiger partial charge in [0, 0.05) is 12.6 Å². The Labute approximate surface area is 97.6 Å². The number of rotatable bonds is 5. The number of hydrogen-bond donors (Lipinski definition) is 0. The van der Waals surface area contributed by atoms with Gasteiger partial charge in [0.05, 0.1) is 0 Å². The van der Waals surface area contributed by atoms with Gasteiger partial charge in [-0.05, 0) is 26.0 Å². The highest BCUT2D eigenvalue weighted by molar-refractivity contribution is 8.13. The number of nitrogens with zero attached hydrogens (tertiary/aromatic N) is 3. The fraction of sp³-hybridized carbons (Fsp3) is 0.818. The topological polar surface area (TPSA) is 39.4 Å². The molecule has 0 bridgehead atoms. The van der Waals surface area contributed by atoms with Crippen LogP contribution in [0.5, 0.6) is 0 Å². The van der Waals surface area contributed by atoms with E-state index in [0.29, 0.717) is 6.04 Å². The third-order valence-electron chi connectivity index (χ3n) is 2.45. The average molecular weight is 227 g/mol. The smallest absolute Gasteiger partial charge is 0.208 e. The molecular weight excluding hydrogens is 206 g/mol. The molecule has 15 heavy (non-hydrogen) atoms. The van der Waals surface area contributed by atoms with E-state index in [-0.39, 0.29) is 0 Å². The lowest BCUT2D eigenvalue weighted by atomic mass is 10.2. The molecule has 0 amide bonds. The Bertz CT molecular complexity index is 232. The Balaban J connectivity index is 4.59. The lowest BCUT2D eigenvalue weighted by molar-refractivity contribution is 0.323. The van der Waals surface area contributed by atoms with Crippen molar-refractivity contribution < 1.29 is 0 Å². The van der Waals surface area contributed by atoms with Gasteiger partial charge in [-0.1, -0.05) is 32.0 Å². The van der Waals surface area contributed by atoms with Gasteiger partial charge in [0.25, 0.3) is 0 Å². The van der Waals surface area contributed by atoms with Crippen LogP contribution in [0.3, 0.4) is 0 Å². The van der Waals surface area contributed by atoms with Crippen molar-refractivity contribution >= 4 is 16.9 Å². The first-order chi connectivity index (χ1) is 7.21. The van der Waals surface area contributed by atoms with Gasteiger partial charge in [0.15, 0.2) is 5.17 Å². The van der Waals surface area contributed by atoms with Gasteiger partial charge >= 0.3 is 0 Å². The van der Waals surface area contributed by atoms with E-state index in [1.807, 2.05) is 12.4 Å². The van der Waals surface area contributed by atoms with Crippen molar-refractivity contribution in [2.75, 3.05) is 12.8 Å². The first kappa shape index (κ1) is 14.3. The molecule has 0 aliphatic heterocycles. The Kier molecular flexibility index (Phi) is 8.21. The standard InChI is InChI=1S/C11H21N3S/c1-5-7-8-14(10(3)6-2)11(15-4)13-9-12/h10H,5-8H2,1-4H3. The molecule has 0 saturated carbocycles. The molecule has 86 valence electrons. The molecule has 0 rings (SSSR count).